The molecule has 0 aliphatic carbocycles. The molecule has 1 aliphatic heterocycles. The highest BCUT2D eigenvalue weighted by Gasteiger charge is 2.29. The Morgan fingerprint density at radius 3 is 2.46 bits per heavy atom. The molecule has 132 valence electrons. The Bertz CT molecular complexity index is 535. The van der Waals surface area contributed by atoms with Crippen LogP contribution in [0.3, 0.4) is 0 Å². The predicted octanol–water partition coefficient (Wildman–Crippen LogP) is 3.70. The fourth-order valence-corrected chi connectivity index (χ4v) is 3.33. The van der Waals surface area contributed by atoms with E-state index in [4.69, 9.17) is 4.74 Å². The third-order valence-electron chi connectivity index (χ3n) is 4.78. The van der Waals surface area contributed by atoms with Gasteiger partial charge < -0.3 is 4.74 Å². The summed E-state index contributed by atoms with van der Waals surface area (Å²) in [5.41, 5.74) is 1.06. The first-order valence-electron chi connectivity index (χ1n) is 9.19. The molecule has 1 aliphatic rings. The molecule has 1 saturated heterocycles. The maximum Gasteiger partial charge on any atom is 0.123 e. The van der Waals surface area contributed by atoms with Crippen LogP contribution in [0.25, 0.3) is 0 Å². The van der Waals surface area contributed by atoms with Gasteiger partial charge in [0.15, 0.2) is 0 Å². The van der Waals surface area contributed by atoms with Gasteiger partial charge in [0.25, 0.3) is 0 Å². The van der Waals surface area contributed by atoms with Crippen molar-refractivity contribution in [2.24, 2.45) is 5.92 Å². The van der Waals surface area contributed by atoms with Crippen molar-refractivity contribution in [1.29, 1.82) is 5.26 Å². The Balaban J connectivity index is 2.04. The summed E-state index contributed by atoms with van der Waals surface area (Å²) in [7, 11) is 0. The Hall–Kier alpha value is -1.57. The molecule has 0 radical (unpaired) electrons. The number of hydrogen-bond acceptors (Lipinski definition) is 4. The molecule has 0 spiro atoms. The van der Waals surface area contributed by atoms with E-state index in [1.807, 2.05) is 24.3 Å². The zero-order chi connectivity index (χ0) is 17.5. The highest BCUT2D eigenvalue weighted by atomic mass is 16.5. The van der Waals surface area contributed by atoms with Crippen LogP contribution in [0.5, 0.6) is 5.75 Å². The van der Waals surface area contributed by atoms with Gasteiger partial charge in [0.2, 0.25) is 0 Å². The van der Waals surface area contributed by atoms with Crippen molar-refractivity contribution in [3.63, 3.8) is 0 Å². The van der Waals surface area contributed by atoms with E-state index in [1.165, 1.54) is 0 Å². The van der Waals surface area contributed by atoms with Gasteiger partial charge in [0.05, 0.1) is 12.7 Å². The SMILES string of the molecule is CCC1CN(C(C#N)c2ccc(OCC(C)C)cc2)CCN1CC. The summed E-state index contributed by atoms with van der Waals surface area (Å²) in [6.07, 6.45) is 1.13. The lowest BCUT2D eigenvalue weighted by molar-refractivity contribution is 0.0623. The molecule has 2 atom stereocenters. The third kappa shape index (κ3) is 4.72. The maximum absolute atomic E-state index is 9.72. The van der Waals surface area contributed by atoms with Crippen LogP contribution in [0.15, 0.2) is 24.3 Å². The number of rotatable bonds is 7. The second-order valence-corrected chi connectivity index (χ2v) is 6.99. The normalized spacial score (nSPS) is 20.8. The van der Waals surface area contributed by atoms with E-state index in [0.29, 0.717) is 12.0 Å². The van der Waals surface area contributed by atoms with Gasteiger partial charge >= 0.3 is 0 Å². The minimum Gasteiger partial charge on any atom is -0.493 e. The van der Waals surface area contributed by atoms with Crippen LogP contribution in [0.1, 0.15) is 45.7 Å². The molecule has 1 aromatic carbocycles. The maximum atomic E-state index is 9.72. The van der Waals surface area contributed by atoms with Crippen molar-refractivity contribution >= 4 is 0 Å². The smallest absolute Gasteiger partial charge is 0.123 e. The van der Waals surface area contributed by atoms with Gasteiger partial charge in [-0.05, 0) is 36.6 Å². The van der Waals surface area contributed by atoms with Crippen molar-refractivity contribution in [1.82, 2.24) is 9.80 Å². The summed E-state index contributed by atoms with van der Waals surface area (Å²) in [5, 5.41) is 9.72. The summed E-state index contributed by atoms with van der Waals surface area (Å²) in [6, 6.07) is 10.9. The lowest BCUT2D eigenvalue weighted by atomic mass is 10.0. The third-order valence-corrected chi connectivity index (χ3v) is 4.78. The van der Waals surface area contributed by atoms with Gasteiger partial charge in [0.1, 0.15) is 11.8 Å². The number of nitriles is 1. The predicted molar refractivity (Wildman–Crippen MR) is 98.0 cm³/mol. The van der Waals surface area contributed by atoms with E-state index in [0.717, 1.165) is 50.5 Å². The highest BCUT2D eigenvalue weighted by molar-refractivity contribution is 5.32. The number of benzene rings is 1. The van der Waals surface area contributed by atoms with Crippen molar-refractivity contribution in [2.75, 3.05) is 32.8 Å². The second kappa shape index (κ2) is 9.05. The Morgan fingerprint density at radius 2 is 1.92 bits per heavy atom. The first-order chi connectivity index (χ1) is 11.6. The molecule has 1 aromatic rings. The van der Waals surface area contributed by atoms with Gasteiger partial charge in [-0.1, -0.05) is 39.8 Å². The quantitative estimate of drug-likeness (QED) is 0.764. The number of nitrogens with zero attached hydrogens (tertiary/aromatic N) is 3. The molecule has 0 saturated carbocycles. The Labute approximate surface area is 147 Å². The first-order valence-corrected chi connectivity index (χ1v) is 9.19. The standard InChI is InChI=1S/C20H31N3O/c1-5-18-14-23(12-11-22(18)6-2)20(13-21)17-7-9-19(10-8-17)24-15-16(3)4/h7-10,16,18,20H,5-6,11-12,14-15H2,1-4H3. The van der Waals surface area contributed by atoms with Crippen LogP contribution in [-0.2, 0) is 0 Å². The zero-order valence-corrected chi connectivity index (χ0v) is 15.5. The van der Waals surface area contributed by atoms with Crippen LogP contribution < -0.4 is 4.74 Å². The van der Waals surface area contributed by atoms with Gasteiger partial charge in [-0.15, -0.1) is 0 Å². The molecule has 0 aromatic heterocycles. The number of ether oxygens (including phenoxy) is 1. The minimum absolute atomic E-state index is 0.169. The molecule has 1 fully saturated rings. The van der Waals surface area contributed by atoms with E-state index in [2.05, 4.69) is 43.6 Å². The molecule has 4 heteroatoms. The van der Waals surface area contributed by atoms with E-state index in [-0.39, 0.29) is 6.04 Å². The molecule has 1 heterocycles. The summed E-state index contributed by atoms with van der Waals surface area (Å²) in [4.78, 5) is 4.85. The summed E-state index contributed by atoms with van der Waals surface area (Å²) in [6.45, 7) is 13.5. The van der Waals surface area contributed by atoms with Gasteiger partial charge in [-0.25, -0.2) is 0 Å². The van der Waals surface area contributed by atoms with E-state index < -0.39 is 0 Å². The summed E-state index contributed by atoms with van der Waals surface area (Å²) in [5.74, 6) is 1.39. The average molecular weight is 329 g/mol. The van der Waals surface area contributed by atoms with Crippen LogP contribution in [0.2, 0.25) is 0 Å². The van der Waals surface area contributed by atoms with E-state index in [9.17, 15) is 5.26 Å². The molecule has 0 N–H and O–H groups in total. The average Bonchev–Trinajstić information content (AvgIpc) is 2.61. The van der Waals surface area contributed by atoms with Crippen molar-refractivity contribution in [3.8, 4) is 11.8 Å². The monoisotopic (exact) mass is 329 g/mol. The fourth-order valence-electron chi connectivity index (χ4n) is 3.33. The lowest BCUT2D eigenvalue weighted by Gasteiger charge is -2.42. The van der Waals surface area contributed by atoms with Crippen LogP contribution in [0.4, 0.5) is 0 Å². The molecule has 0 amide bonds. The summed E-state index contributed by atoms with van der Waals surface area (Å²) < 4.78 is 5.74. The number of piperazine rings is 1. The van der Waals surface area contributed by atoms with Crippen LogP contribution >= 0.6 is 0 Å². The summed E-state index contributed by atoms with van der Waals surface area (Å²) >= 11 is 0. The molecule has 0 bridgehead atoms. The topological polar surface area (TPSA) is 39.5 Å². The van der Waals surface area contributed by atoms with Gasteiger partial charge in [-0.2, -0.15) is 5.26 Å². The molecule has 2 unspecified atom stereocenters. The lowest BCUT2D eigenvalue weighted by Crippen LogP contribution is -2.53. The first kappa shape index (κ1) is 18.8. The van der Waals surface area contributed by atoms with E-state index in [1.54, 1.807) is 0 Å². The molecule has 24 heavy (non-hydrogen) atoms. The molecule has 2 rings (SSSR count). The van der Waals surface area contributed by atoms with Crippen molar-refractivity contribution in [3.05, 3.63) is 29.8 Å². The van der Waals surface area contributed by atoms with E-state index >= 15 is 0 Å². The largest absolute Gasteiger partial charge is 0.493 e. The number of likely N-dealkylation sites (N-methyl/N-ethyl adjacent to an activating group) is 1. The fraction of sp³-hybridized carbons (Fsp3) is 0.650. The van der Waals surface area contributed by atoms with Gasteiger partial charge in [-0.3, -0.25) is 9.80 Å². The molecular weight excluding hydrogens is 298 g/mol. The van der Waals surface area contributed by atoms with Crippen molar-refractivity contribution < 1.29 is 4.74 Å². The van der Waals surface area contributed by atoms with Crippen molar-refractivity contribution in [2.45, 2.75) is 46.2 Å². The highest BCUT2D eigenvalue weighted by Crippen LogP contribution is 2.26. The Kier molecular flexibility index (Phi) is 7.08. The second-order valence-electron chi connectivity index (χ2n) is 6.99. The van der Waals surface area contributed by atoms with Crippen LogP contribution in [0, 0.1) is 17.2 Å². The minimum atomic E-state index is -0.169. The van der Waals surface area contributed by atoms with Crippen LogP contribution in [-0.4, -0.2) is 48.6 Å². The zero-order valence-electron chi connectivity index (χ0n) is 15.5. The molecule has 4 nitrogen and oxygen atoms in total. The Morgan fingerprint density at radius 1 is 1.21 bits per heavy atom. The molecular formula is C20H31N3O. The van der Waals surface area contributed by atoms with Gasteiger partial charge in [0, 0.05) is 25.7 Å². The number of hydrogen-bond donors (Lipinski definition) is 0.